The van der Waals surface area contributed by atoms with Crippen LogP contribution in [0, 0.1) is 0 Å². The normalized spacial score (nSPS) is 10.0. The highest BCUT2D eigenvalue weighted by Crippen LogP contribution is 1.86. The number of carbonyl (C=O) groups is 1. The second kappa shape index (κ2) is 5.35. The number of hydrogen-bond donors (Lipinski definition) is 0. The van der Waals surface area contributed by atoms with E-state index in [1.807, 2.05) is 19.9 Å². The molecule has 0 aliphatic carbocycles. The van der Waals surface area contributed by atoms with Crippen LogP contribution < -0.4 is 0 Å². The molecular weight excluding hydrogens is 114 g/mol. The van der Waals surface area contributed by atoms with Gasteiger partial charge in [0.1, 0.15) is 0 Å². The number of carbonyl (C=O) groups excluding carboxylic acids is 1. The van der Waals surface area contributed by atoms with E-state index in [-0.39, 0.29) is 0 Å². The third-order valence-corrected chi connectivity index (χ3v) is 0.958. The second-order valence-electron chi connectivity index (χ2n) is 1.83. The van der Waals surface area contributed by atoms with Gasteiger partial charge in [0.2, 0.25) is 6.41 Å². The molecule has 0 aromatic carbocycles. The predicted molar refractivity (Wildman–Crippen MR) is 37.9 cm³/mol. The van der Waals surface area contributed by atoms with Crippen molar-refractivity contribution in [3.8, 4) is 0 Å². The molecule has 1 amide bonds. The maximum absolute atomic E-state index is 10.2. The minimum atomic E-state index is 0.813. The standard InChI is InChI=1S/C7H13NO/c1-3-5-8(7-9)6-4-2/h3,5,7H,4,6H2,1-2H3. The van der Waals surface area contributed by atoms with Gasteiger partial charge in [-0.25, -0.2) is 0 Å². The van der Waals surface area contributed by atoms with E-state index >= 15 is 0 Å². The lowest BCUT2D eigenvalue weighted by atomic mass is 10.4. The van der Waals surface area contributed by atoms with Crippen LogP contribution in [0.25, 0.3) is 0 Å². The summed E-state index contributed by atoms with van der Waals surface area (Å²) < 4.78 is 0. The van der Waals surface area contributed by atoms with E-state index in [1.54, 1.807) is 11.1 Å². The minimum Gasteiger partial charge on any atom is -0.322 e. The lowest BCUT2D eigenvalue weighted by molar-refractivity contribution is -0.115. The highest BCUT2D eigenvalue weighted by Gasteiger charge is 1.89. The van der Waals surface area contributed by atoms with Gasteiger partial charge in [-0.05, 0) is 13.3 Å². The molecule has 0 unspecified atom stereocenters. The zero-order chi connectivity index (χ0) is 7.11. The van der Waals surface area contributed by atoms with Crippen LogP contribution in [0.3, 0.4) is 0 Å². The summed E-state index contributed by atoms with van der Waals surface area (Å²) in [6, 6.07) is 0. The number of allylic oxidation sites excluding steroid dienone is 1. The number of nitrogens with zero attached hydrogens (tertiary/aromatic N) is 1. The summed E-state index contributed by atoms with van der Waals surface area (Å²) in [6.07, 6.45) is 5.47. The Morgan fingerprint density at radius 1 is 1.56 bits per heavy atom. The number of hydrogen-bond acceptors (Lipinski definition) is 1. The molecule has 0 saturated heterocycles. The summed E-state index contributed by atoms with van der Waals surface area (Å²) in [4.78, 5) is 11.8. The highest BCUT2D eigenvalue weighted by atomic mass is 16.1. The maximum Gasteiger partial charge on any atom is 0.213 e. The van der Waals surface area contributed by atoms with Crippen molar-refractivity contribution in [2.75, 3.05) is 6.54 Å². The molecule has 0 fully saturated rings. The molecular formula is C7H13NO. The molecule has 2 nitrogen and oxygen atoms in total. The first-order valence-corrected chi connectivity index (χ1v) is 3.19. The number of rotatable bonds is 4. The fourth-order valence-electron chi connectivity index (χ4n) is 0.612. The van der Waals surface area contributed by atoms with Crippen molar-refractivity contribution in [3.63, 3.8) is 0 Å². The van der Waals surface area contributed by atoms with Gasteiger partial charge in [-0.1, -0.05) is 13.0 Å². The number of amides is 1. The predicted octanol–water partition coefficient (Wildman–Crippen LogP) is 1.39. The molecule has 52 valence electrons. The van der Waals surface area contributed by atoms with Gasteiger partial charge >= 0.3 is 0 Å². The Morgan fingerprint density at radius 3 is 2.56 bits per heavy atom. The topological polar surface area (TPSA) is 20.3 Å². The molecule has 0 spiro atoms. The molecule has 0 aromatic heterocycles. The Balaban J connectivity index is 3.53. The largest absolute Gasteiger partial charge is 0.322 e. The zero-order valence-electron chi connectivity index (χ0n) is 6.00. The summed E-state index contributed by atoms with van der Waals surface area (Å²) in [5, 5.41) is 0. The molecule has 0 aliphatic heterocycles. The first-order chi connectivity index (χ1) is 4.35. The molecule has 0 bridgehead atoms. The Kier molecular flexibility index (Phi) is 4.88. The van der Waals surface area contributed by atoms with Crippen molar-refractivity contribution in [2.24, 2.45) is 0 Å². The average molecular weight is 127 g/mol. The fourth-order valence-corrected chi connectivity index (χ4v) is 0.612. The SMILES string of the molecule is CC=CN(C=O)CCC. The molecule has 0 atom stereocenters. The molecule has 0 rings (SSSR count). The van der Waals surface area contributed by atoms with E-state index in [9.17, 15) is 4.79 Å². The van der Waals surface area contributed by atoms with Gasteiger partial charge in [0.25, 0.3) is 0 Å². The van der Waals surface area contributed by atoms with Gasteiger partial charge in [0.15, 0.2) is 0 Å². The van der Waals surface area contributed by atoms with Crippen LogP contribution in [-0.4, -0.2) is 17.9 Å². The van der Waals surface area contributed by atoms with Crippen LogP contribution in [0.2, 0.25) is 0 Å². The van der Waals surface area contributed by atoms with Crippen molar-refractivity contribution < 1.29 is 4.79 Å². The Bertz CT molecular complexity index is 99.1. The van der Waals surface area contributed by atoms with Crippen LogP contribution in [0.15, 0.2) is 12.3 Å². The Labute approximate surface area is 56.2 Å². The van der Waals surface area contributed by atoms with Gasteiger partial charge in [0.05, 0.1) is 0 Å². The van der Waals surface area contributed by atoms with Gasteiger partial charge in [-0.15, -0.1) is 0 Å². The third-order valence-electron chi connectivity index (χ3n) is 0.958. The third kappa shape index (κ3) is 3.76. The lowest BCUT2D eigenvalue weighted by Gasteiger charge is -2.08. The summed E-state index contributed by atoms with van der Waals surface area (Å²) in [5.41, 5.74) is 0. The second-order valence-corrected chi connectivity index (χ2v) is 1.83. The fraction of sp³-hybridized carbons (Fsp3) is 0.571. The van der Waals surface area contributed by atoms with Crippen molar-refractivity contribution in [1.29, 1.82) is 0 Å². The smallest absolute Gasteiger partial charge is 0.213 e. The molecule has 2 heteroatoms. The molecule has 0 aliphatic rings. The van der Waals surface area contributed by atoms with Crippen LogP contribution >= 0.6 is 0 Å². The molecule has 9 heavy (non-hydrogen) atoms. The van der Waals surface area contributed by atoms with Gasteiger partial charge in [-0.2, -0.15) is 0 Å². The summed E-state index contributed by atoms with van der Waals surface area (Å²) in [5.74, 6) is 0. The Morgan fingerprint density at radius 2 is 2.22 bits per heavy atom. The van der Waals surface area contributed by atoms with E-state index in [0.29, 0.717) is 0 Å². The van der Waals surface area contributed by atoms with E-state index in [1.165, 1.54) is 0 Å². The van der Waals surface area contributed by atoms with Crippen LogP contribution in [0.5, 0.6) is 0 Å². The van der Waals surface area contributed by atoms with Gasteiger partial charge in [0, 0.05) is 12.7 Å². The van der Waals surface area contributed by atoms with Crippen molar-refractivity contribution in [1.82, 2.24) is 4.90 Å². The van der Waals surface area contributed by atoms with Gasteiger partial charge in [-0.3, -0.25) is 4.79 Å². The van der Waals surface area contributed by atoms with Crippen molar-refractivity contribution in [2.45, 2.75) is 20.3 Å². The maximum atomic E-state index is 10.2. The van der Waals surface area contributed by atoms with Gasteiger partial charge < -0.3 is 4.90 Å². The van der Waals surface area contributed by atoms with Crippen LogP contribution in [0.4, 0.5) is 0 Å². The first-order valence-electron chi connectivity index (χ1n) is 3.19. The highest BCUT2D eigenvalue weighted by molar-refractivity contribution is 5.48. The lowest BCUT2D eigenvalue weighted by Crippen LogP contribution is -2.14. The van der Waals surface area contributed by atoms with Crippen molar-refractivity contribution in [3.05, 3.63) is 12.3 Å². The molecule has 0 saturated carbocycles. The monoisotopic (exact) mass is 127 g/mol. The van der Waals surface area contributed by atoms with E-state index in [2.05, 4.69) is 0 Å². The zero-order valence-corrected chi connectivity index (χ0v) is 6.00. The molecule has 0 aromatic rings. The quantitative estimate of drug-likeness (QED) is 0.522. The first kappa shape index (κ1) is 8.21. The summed E-state index contributed by atoms with van der Waals surface area (Å²) in [7, 11) is 0. The van der Waals surface area contributed by atoms with Crippen LogP contribution in [0.1, 0.15) is 20.3 Å². The van der Waals surface area contributed by atoms with E-state index < -0.39 is 0 Å². The van der Waals surface area contributed by atoms with Crippen molar-refractivity contribution >= 4 is 6.41 Å². The summed E-state index contributed by atoms with van der Waals surface area (Å²) in [6.45, 7) is 4.75. The van der Waals surface area contributed by atoms with Crippen LogP contribution in [-0.2, 0) is 4.79 Å². The molecule has 0 N–H and O–H groups in total. The van der Waals surface area contributed by atoms with E-state index in [4.69, 9.17) is 0 Å². The molecule has 0 radical (unpaired) electrons. The van der Waals surface area contributed by atoms with E-state index in [0.717, 1.165) is 19.4 Å². The Hall–Kier alpha value is -0.790. The average Bonchev–Trinajstić information content (AvgIpc) is 1.88. The minimum absolute atomic E-state index is 0.813. The summed E-state index contributed by atoms with van der Waals surface area (Å²) >= 11 is 0. The molecule has 0 heterocycles.